The minimum atomic E-state index is -0.874. The van der Waals surface area contributed by atoms with E-state index < -0.39 is 11.6 Å². The molecule has 1 aliphatic heterocycles. The highest BCUT2D eigenvalue weighted by Crippen LogP contribution is 2.30. The van der Waals surface area contributed by atoms with Crippen LogP contribution in [0.2, 0.25) is 0 Å². The molecule has 25 heavy (non-hydrogen) atoms. The molecular formula is C21H18F2N2. The first-order valence-electron chi connectivity index (χ1n) is 8.31. The van der Waals surface area contributed by atoms with Crippen LogP contribution in [0.3, 0.4) is 0 Å². The van der Waals surface area contributed by atoms with Crippen LogP contribution in [0.5, 0.6) is 0 Å². The van der Waals surface area contributed by atoms with Gasteiger partial charge in [-0.2, -0.15) is 0 Å². The molecule has 0 saturated carbocycles. The second-order valence-electron chi connectivity index (χ2n) is 6.63. The van der Waals surface area contributed by atoms with E-state index in [0.717, 1.165) is 37.2 Å². The number of aromatic nitrogens is 1. The van der Waals surface area contributed by atoms with Gasteiger partial charge in [-0.3, -0.25) is 4.57 Å². The van der Waals surface area contributed by atoms with Crippen molar-refractivity contribution in [1.29, 1.82) is 0 Å². The van der Waals surface area contributed by atoms with E-state index in [0.29, 0.717) is 5.56 Å². The summed E-state index contributed by atoms with van der Waals surface area (Å²) in [5, 5.41) is 1.24. The van der Waals surface area contributed by atoms with Crippen molar-refractivity contribution in [2.75, 3.05) is 13.6 Å². The molecule has 2 aromatic carbocycles. The Hall–Kier alpha value is -2.64. The number of benzene rings is 2. The largest absolute Gasteiger partial charge is 0.300 e. The van der Waals surface area contributed by atoms with Crippen LogP contribution in [0.25, 0.3) is 10.9 Å². The van der Waals surface area contributed by atoms with Crippen molar-refractivity contribution in [1.82, 2.24) is 9.47 Å². The third-order valence-corrected chi connectivity index (χ3v) is 4.73. The van der Waals surface area contributed by atoms with E-state index in [2.05, 4.69) is 49.0 Å². The zero-order valence-corrected chi connectivity index (χ0v) is 14.2. The Kier molecular flexibility index (Phi) is 3.82. The maximum Gasteiger partial charge on any atom is 0.160 e. The second kappa shape index (κ2) is 6.02. The lowest BCUT2D eigenvalue weighted by atomic mass is 10.0. The molecule has 0 aliphatic carbocycles. The van der Waals surface area contributed by atoms with Crippen molar-refractivity contribution in [2.24, 2.45) is 0 Å². The van der Waals surface area contributed by atoms with Crippen molar-refractivity contribution < 1.29 is 8.78 Å². The minimum Gasteiger partial charge on any atom is -0.300 e. The number of hydrogen-bond acceptors (Lipinski definition) is 1. The highest BCUT2D eigenvalue weighted by Gasteiger charge is 2.21. The van der Waals surface area contributed by atoms with Gasteiger partial charge in [-0.25, -0.2) is 8.78 Å². The lowest BCUT2D eigenvalue weighted by Gasteiger charge is -2.23. The number of halogens is 2. The molecule has 0 unspecified atom stereocenters. The van der Waals surface area contributed by atoms with Crippen LogP contribution in [0.4, 0.5) is 8.78 Å². The summed E-state index contributed by atoms with van der Waals surface area (Å²) < 4.78 is 28.5. The Bertz CT molecular complexity index is 1040. The third-order valence-electron chi connectivity index (χ3n) is 4.73. The molecule has 1 aromatic heterocycles. The standard InChI is InChI=1S/C21H18F2N2/c1-14-3-6-20-17(11-14)16-8-9-24(2)13-21(16)25(20)10-7-15-4-5-18(22)19(23)12-15/h3-6,11-12H,8-9,13H2,1-2H3. The van der Waals surface area contributed by atoms with Crippen molar-refractivity contribution in [3.8, 4) is 12.0 Å². The van der Waals surface area contributed by atoms with Crippen LogP contribution in [-0.4, -0.2) is 23.1 Å². The third kappa shape index (κ3) is 2.81. The Morgan fingerprint density at radius 2 is 1.88 bits per heavy atom. The van der Waals surface area contributed by atoms with Gasteiger partial charge < -0.3 is 4.90 Å². The Balaban J connectivity index is 1.88. The molecule has 126 valence electrons. The summed E-state index contributed by atoms with van der Waals surface area (Å²) in [6.07, 6.45) is 0.992. The first-order valence-corrected chi connectivity index (χ1v) is 8.31. The SMILES string of the molecule is Cc1ccc2c(c1)c1c(n2C#Cc2ccc(F)c(F)c2)CN(C)CC1. The van der Waals surface area contributed by atoms with Crippen LogP contribution < -0.4 is 0 Å². The molecule has 0 atom stereocenters. The number of hydrogen-bond donors (Lipinski definition) is 0. The molecule has 0 radical (unpaired) electrons. The summed E-state index contributed by atoms with van der Waals surface area (Å²) >= 11 is 0. The van der Waals surface area contributed by atoms with E-state index in [1.54, 1.807) is 0 Å². The molecular weight excluding hydrogens is 318 g/mol. The molecule has 2 heterocycles. The average molecular weight is 336 g/mol. The minimum absolute atomic E-state index is 0.464. The van der Waals surface area contributed by atoms with Crippen LogP contribution in [0.1, 0.15) is 22.4 Å². The first-order chi connectivity index (χ1) is 12.0. The summed E-state index contributed by atoms with van der Waals surface area (Å²) in [4.78, 5) is 2.27. The monoisotopic (exact) mass is 336 g/mol. The van der Waals surface area contributed by atoms with Gasteiger partial charge in [-0.05, 0) is 62.2 Å². The molecule has 4 rings (SSSR count). The van der Waals surface area contributed by atoms with Crippen molar-refractivity contribution in [3.63, 3.8) is 0 Å². The lowest BCUT2D eigenvalue weighted by molar-refractivity contribution is 0.308. The number of rotatable bonds is 0. The van der Waals surface area contributed by atoms with Crippen LogP contribution in [0, 0.1) is 30.5 Å². The molecule has 0 spiro atoms. The molecule has 3 aromatic rings. The molecule has 1 aliphatic rings. The normalized spacial score (nSPS) is 14.2. The fourth-order valence-corrected chi connectivity index (χ4v) is 3.43. The number of aryl methyl sites for hydroxylation is 1. The van der Waals surface area contributed by atoms with E-state index in [4.69, 9.17) is 0 Å². The van der Waals surface area contributed by atoms with Crippen molar-refractivity contribution in [3.05, 3.63) is 70.4 Å². The maximum atomic E-state index is 13.4. The fourth-order valence-electron chi connectivity index (χ4n) is 3.43. The zero-order chi connectivity index (χ0) is 17.6. The number of nitrogens with zero attached hydrogens (tertiary/aromatic N) is 2. The van der Waals surface area contributed by atoms with Gasteiger partial charge in [0.05, 0.1) is 5.52 Å². The highest BCUT2D eigenvalue weighted by molar-refractivity contribution is 5.87. The topological polar surface area (TPSA) is 8.17 Å². The fraction of sp³-hybridized carbons (Fsp3) is 0.238. The van der Waals surface area contributed by atoms with E-state index >= 15 is 0 Å². The number of fused-ring (bicyclic) bond motifs is 3. The predicted octanol–water partition coefficient (Wildman–Crippen LogP) is 4.07. The zero-order valence-electron chi connectivity index (χ0n) is 14.2. The Labute approximate surface area is 145 Å². The van der Waals surface area contributed by atoms with Gasteiger partial charge in [-0.15, -0.1) is 0 Å². The molecule has 0 fully saturated rings. The number of likely N-dealkylation sites (N-methyl/N-ethyl adjacent to an activating group) is 1. The van der Waals surface area contributed by atoms with E-state index in [-0.39, 0.29) is 0 Å². The molecule has 0 amide bonds. The molecule has 0 bridgehead atoms. The predicted molar refractivity (Wildman–Crippen MR) is 95.3 cm³/mol. The Morgan fingerprint density at radius 3 is 2.68 bits per heavy atom. The van der Waals surface area contributed by atoms with E-state index in [9.17, 15) is 8.78 Å². The summed E-state index contributed by atoms with van der Waals surface area (Å²) in [6, 6.07) is 13.3. The van der Waals surface area contributed by atoms with Gasteiger partial charge in [0, 0.05) is 35.8 Å². The van der Waals surface area contributed by atoms with Gasteiger partial charge in [-0.1, -0.05) is 11.6 Å². The van der Waals surface area contributed by atoms with Gasteiger partial charge in [0.1, 0.15) is 0 Å². The second-order valence-corrected chi connectivity index (χ2v) is 6.63. The van der Waals surface area contributed by atoms with Crippen LogP contribution in [-0.2, 0) is 13.0 Å². The van der Waals surface area contributed by atoms with Gasteiger partial charge >= 0.3 is 0 Å². The van der Waals surface area contributed by atoms with E-state index in [1.807, 2.05) is 4.57 Å². The molecule has 0 saturated heterocycles. The average Bonchev–Trinajstić information content (AvgIpc) is 2.88. The maximum absolute atomic E-state index is 13.4. The summed E-state index contributed by atoms with van der Waals surface area (Å²) in [7, 11) is 2.10. The first kappa shape index (κ1) is 15.9. The van der Waals surface area contributed by atoms with Crippen molar-refractivity contribution >= 4 is 10.9 Å². The van der Waals surface area contributed by atoms with Gasteiger partial charge in [0.2, 0.25) is 0 Å². The molecule has 4 heteroatoms. The quantitative estimate of drug-likeness (QED) is 0.562. The smallest absolute Gasteiger partial charge is 0.160 e. The summed E-state index contributed by atoms with van der Waals surface area (Å²) in [5.74, 6) is 1.25. The summed E-state index contributed by atoms with van der Waals surface area (Å²) in [5.41, 5.74) is 5.28. The molecule has 2 nitrogen and oxygen atoms in total. The Morgan fingerprint density at radius 1 is 1.04 bits per heavy atom. The van der Waals surface area contributed by atoms with E-state index in [1.165, 1.54) is 28.3 Å². The van der Waals surface area contributed by atoms with Gasteiger partial charge in [0.25, 0.3) is 0 Å². The van der Waals surface area contributed by atoms with Gasteiger partial charge in [0.15, 0.2) is 11.6 Å². The molecule has 0 N–H and O–H groups in total. The summed E-state index contributed by atoms with van der Waals surface area (Å²) in [6.45, 7) is 3.94. The van der Waals surface area contributed by atoms with Crippen LogP contribution >= 0.6 is 0 Å². The van der Waals surface area contributed by atoms with Crippen LogP contribution in [0.15, 0.2) is 36.4 Å². The lowest BCUT2D eigenvalue weighted by Crippen LogP contribution is -2.27. The van der Waals surface area contributed by atoms with Crippen molar-refractivity contribution in [2.45, 2.75) is 19.9 Å². The highest BCUT2D eigenvalue weighted by atomic mass is 19.2.